The molecule has 0 amide bonds. The molecule has 2 nitrogen and oxygen atoms in total. The molecule has 0 fully saturated rings. The highest BCUT2D eigenvalue weighted by Gasteiger charge is 2.06. The number of nitrogens with zero attached hydrogens (tertiary/aromatic N) is 1. The minimum absolute atomic E-state index is 0.248. The molecule has 0 unspecified atom stereocenters. The molecule has 20 heavy (non-hydrogen) atoms. The van der Waals surface area contributed by atoms with Gasteiger partial charge in [0.2, 0.25) is 0 Å². The Hall–Kier alpha value is -2.00. The minimum atomic E-state index is 0.248. The van der Waals surface area contributed by atoms with Gasteiger partial charge in [-0.3, -0.25) is 4.98 Å². The molecule has 2 aromatic carbocycles. The van der Waals surface area contributed by atoms with E-state index in [1.54, 1.807) is 12.3 Å². The van der Waals surface area contributed by atoms with E-state index >= 15 is 0 Å². The third-order valence-corrected chi connectivity index (χ3v) is 4.26. The quantitative estimate of drug-likeness (QED) is 0.770. The smallest absolute Gasteiger partial charge is 0.141 e. The molecule has 3 rings (SSSR count). The van der Waals surface area contributed by atoms with Crippen molar-refractivity contribution in [2.75, 3.05) is 0 Å². The summed E-state index contributed by atoms with van der Waals surface area (Å²) in [4.78, 5) is 4.25. The average Bonchev–Trinajstić information content (AvgIpc) is 2.51. The second-order valence-corrected chi connectivity index (χ2v) is 5.61. The van der Waals surface area contributed by atoms with Crippen LogP contribution in [0.3, 0.4) is 0 Å². The molecule has 1 N–H and O–H groups in total. The van der Waals surface area contributed by atoms with Gasteiger partial charge < -0.3 is 5.11 Å². The summed E-state index contributed by atoms with van der Waals surface area (Å²) in [5.41, 5.74) is 3.23. The van der Waals surface area contributed by atoms with Crippen LogP contribution in [0.1, 0.15) is 11.1 Å². The third-order valence-electron chi connectivity index (χ3n) is 3.21. The van der Waals surface area contributed by atoms with E-state index in [0.717, 1.165) is 16.9 Å². The van der Waals surface area contributed by atoms with Crippen molar-refractivity contribution >= 4 is 22.7 Å². The maximum absolute atomic E-state index is 9.83. The van der Waals surface area contributed by atoms with Gasteiger partial charge in [-0.2, -0.15) is 11.8 Å². The molecule has 0 spiro atoms. The average molecular weight is 281 g/mol. The fourth-order valence-electron chi connectivity index (χ4n) is 2.20. The molecule has 0 atom stereocenters. The second-order valence-electron chi connectivity index (χ2n) is 4.62. The third kappa shape index (κ3) is 2.78. The van der Waals surface area contributed by atoms with Gasteiger partial charge in [-0.05, 0) is 23.3 Å². The summed E-state index contributed by atoms with van der Waals surface area (Å²) in [5, 5.41) is 10.9. The van der Waals surface area contributed by atoms with Gasteiger partial charge in [0.1, 0.15) is 11.3 Å². The number of thioether (sulfide) groups is 1. The first kappa shape index (κ1) is 13.0. The van der Waals surface area contributed by atoms with Gasteiger partial charge in [0.15, 0.2) is 0 Å². The number of benzene rings is 2. The SMILES string of the molecule is Oc1ccc(CSCc2ccccc2)c2cccnc12. The lowest BCUT2D eigenvalue weighted by Gasteiger charge is -2.07. The standard InChI is InChI=1S/C17H15NOS/c19-16-9-8-14(15-7-4-10-18-17(15)16)12-20-11-13-5-2-1-3-6-13/h1-10,19H,11-12H2. The summed E-state index contributed by atoms with van der Waals surface area (Å²) >= 11 is 1.87. The normalized spacial score (nSPS) is 10.8. The summed E-state index contributed by atoms with van der Waals surface area (Å²) in [6.45, 7) is 0. The van der Waals surface area contributed by atoms with E-state index in [0.29, 0.717) is 5.52 Å². The van der Waals surface area contributed by atoms with Crippen molar-refractivity contribution in [1.29, 1.82) is 0 Å². The Morgan fingerprint density at radius 3 is 2.60 bits per heavy atom. The first-order chi connectivity index (χ1) is 9.84. The molecule has 1 heterocycles. The van der Waals surface area contributed by atoms with Gasteiger partial charge in [0, 0.05) is 23.1 Å². The van der Waals surface area contributed by atoms with Crippen LogP contribution in [0.5, 0.6) is 5.75 Å². The van der Waals surface area contributed by atoms with E-state index in [1.165, 1.54) is 11.1 Å². The van der Waals surface area contributed by atoms with Gasteiger partial charge >= 0.3 is 0 Å². The van der Waals surface area contributed by atoms with Crippen LogP contribution in [-0.4, -0.2) is 10.1 Å². The number of phenolic OH excluding ortho intramolecular Hbond substituents is 1. The highest BCUT2D eigenvalue weighted by atomic mass is 32.2. The molecule has 3 heteroatoms. The van der Waals surface area contributed by atoms with E-state index in [1.807, 2.05) is 36.0 Å². The van der Waals surface area contributed by atoms with E-state index in [2.05, 4.69) is 29.2 Å². The Bertz CT molecular complexity index is 713. The Kier molecular flexibility index (Phi) is 3.88. The maximum atomic E-state index is 9.83. The highest BCUT2D eigenvalue weighted by Crippen LogP contribution is 2.28. The molecular weight excluding hydrogens is 266 g/mol. The first-order valence-electron chi connectivity index (χ1n) is 6.52. The molecule has 0 bridgehead atoms. The summed E-state index contributed by atoms with van der Waals surface area (Å²) in [6.07, 6.45) is 1.71. The number of hydrogen-bond donors (Lipinski definition) is 1. The second kappa shape index (κ2) is 5.97. The molecule has 0 saturated heterocycles. The van der Waals surface area contributed by atoms with E-state index in [9.17, 15) is 5.11 Å². The predicted octanol–water partition coefficient (Wildman–Crippen LogP) is 4.37. The van der Waals surface area contributed by atoms with Crippen LogP contribution >= 0.6 is 11.8 Å². The van der Waals surface area contributed by atoms with Crippen molar-refractivity contribution < 1.29 is 5.11 Å². The Morgan fingerprint density at radius 1 is 0.900 bits per heavy atom. The monoisotopic (exact) mass is 281 g/mol. The minimum Gasteiger partial charge on any atom is -0.506 e. The van der Waals surface area contributed by atoms with E-state index in [4.69, 9.17) is 0 Å². The molecular formula is C17H15NOS. The van der Waals surface area contributed by atoms with Crippen LogP contribution in [0.4, 0.5) is 0 Å². The van der Waals surface area contributed by atoms with E-state index < -0.39 is 0 Å². The van der Waals surface area contributed by atoms with Gasteiger partial charge in [-0.1, -0.05) is 42.5 Å². The van der Waals surface area contributed by atoms with Crippen LogP contribution in [0.25, 0.3) is 10.9 Å². The molecule has 1 aromatic heterocycles. The van der Waals surface area contributed by atoms with Crippen LogP contribution < -0.4 is 0 Å². The van der Waals surface area contributed by atoms with Crippen molar-refractivity contribution in [1.82, 2.24) is 4.98 Å². The number of aromatic hydroxyl groups is 1. The number of fused-ring (bicyclic) bond motifs is 1. The van der Waals surface area contributed by atoms with Crippen LogP contribution in [-0.2, 0) is 11.5 Å². The highest BCUT2D eigenvalue weighted by molar-refractivity contribution is 7.97. The fourth-order valence-corrected chi connectivity index (χ4v) is 3.20. The maximum Gasteiger partial charge on any atom is 0.141 e. The van der Waals surface area contributed by atoms with Gasteiger partial charge in [-0.25, -0.2) is 0 Å². The largest absolute Gasteiger partial charge is 0.506 e. The topological polar surface area (TPSA) is 33.1 Å². The molecule has 0 aliphatic rings. The van der Waals surface area contributed by atoms with Gasteiger partial charge in [-0.15, -0.1) is 0 Å². The van der Waals surface area contributed by atoms with Gasteiger partial charge in [0.25, 0.3) is 0 Å². The van der Waals surface area contributed by atoms with Crippen molar-refractivity contribution in [2.24, 2.45) is 0 Å². The first-order valence-corrected chi connectivity index (χ1v) is 7.67. The molecule has 0 saturated carbocycles. The summed E-state index contributed by atoms with van der Waals surface area (Å²) in [5.74, 6) is 2.15. The van der Waals surface area contributed by atoms with Crippen LogP contribution in [0.2, 0.25) is 0 Å². The lowest BCUT2D eigenvalue weighted by atomic mass is 10.1. The zero-order chi connectivity index (χ0) is 13.8. The van der Waals surface area contributed by atoms with E-state index in [-0.39, 0.29) is 5.75 Å². The Balaban J connectivity index is 1.77. The lowest BCUT2D eigenvalue weighted by molar-refractivity contribution is 0.480. The Labute approximate surface area is 122 Å². The summed E-state index contributed by atoms with van der Waals surface area (Å²) in [6, 6.07) is 18.1. The number of phenols is 1. The van der Waals surface area contributed by atoms with Gasteiger partial charge in [0.05, 0.1) is 0 Å². The summed E-state index contributed by atoms with van der Waals surface area (Å²) in [7, 11) is 0. The molecule has 100 valence electrons. The fraction of sp³-hybridized carbons (Fsp3) is 0.118. The number of rotatable bonds is 4. The van der Waals surface area contributed by atoms with Crippen LogP contribution in [0, 0.1) is 0 Å². The molecule has 0 aliphatic carbocycles. The Morgan fingerprint density at radius 2 is 1.75 bits per heavy atom. The van der Waals surface area contributed by atoms with Crippen molar-refractivity contribution in [2.45, 2.75) is 11.5 Å². The predicted molar refractivity (Wildman–Crippen MR) is 84.8 cm³/mol. The zero-order valence-electron chi connectivity index (χ0n) is 11.0. The van der Waals surface area contributed by atoms with Crippen molar-refractivity contribution in [3.05, 3.63) is 71.9 Å². The number of aromatic nitrogens is 1. The zero-order valence-corrected chi connectivity index (χ0v) is 11.8. The number of hydrogen-bond acceptors (Lipinski definition) is 3. The molecule has 3 aromatic rings. The van der Waals surface area contributed by atoms with Crippen molar-refractivity contribution in [3.8, 4) is 5.75 Å². The van der Waals surface area contributed by atoms with Crippen LogP contribution in [0.15, 0.2) is 60.8 Å². The van der Waals surface area contributed by atoms with Crippen molar-refractivity contribution in [3.63, 3.8) is 0 Å². The molecule has 0 radical (unpaired) electrons. The molecule has 0 aliphatic heterocycles. The summed E-state index contributed by atoms with van der Waals surface area (Å²) < 4.78 is 0. The lowest BCUT2D eigenvalue weighted by Crippen LogP contribution is -1.88. The number of pyridine rings is 1.